The van der Waals surface area contributed by atoms with Crippen molar-refractivity contribution in [3.8, 4) is 0 Å². The summed E-state index contributed by atoms with van der Waals surface area (Å²) in [5.74, 6) is 0.174. The molecule has 0 spiro atoms. The SMILES string of the molecule is Cc1ccnc(C(O)C(O)CCN=[N+]=[N-])n1. The Morgan fingerprint density at radius 3 is 2.94 bits per heavy atom. The van der Waals surface area contributed by atoms with Crippen LogP contribution in [-0.2, 0) is 0 Å². The molecule has 0 radical (unpaired) electrons. The molecule has 0 bridgehead atoms. The molecule has 1 aromatic heterocycles. The predicted octanol–water partition coefficient (Wildman–Crippen LogP) is 0.880. The topological polar surface area (TPSA) is 115 Å². The van der Waals surface area contributed by atoms with E-state index in [2.05, 4.69) is 20.0 Å². The maximum absolute atomic E-state index is 9.70. The quantitative estimate of drug-likeness (QED) is 0.438. The molecule has 7 heteroatoms. The number of aliphatic hydroxyl groups is 2. The van der Waals surface area contributed by atoms with Crippen LogP contribution < -0.4 is 0 Å². The van der Waals surface area contributed by atoms with Crippen LogP contribution in [0, 0.1) is 6.92 Å². The zero-order valence-electron chi connectivity index (χ0n) is 8.85. The summed E-state index contributed by atoms with van der Waals surface area (Å²) in [5, 5.41) is 22.6. The lowest BCUT2D eigenvalue weighted by Gasteiger charge is -2.15. The van der Waals surface area contributed by atoms with E-state index in [4.69, 9.17) is 5.53 Å². The lowest BCUT2D eigenvalue weighted by molar-refractivity contribution is 0.00966. The average molecular weight is 223 g/mol. The van der Waals surface area contributed by atoms with Gasteiger partial charge in [-0.3, -0.25) is 0 Å². The van der Waals surface area contributed by atoms with Gasteiger partial charge in [0.05, 0.1) is 6.10 Å². The van der Waals surface area contributed by atoms with Crippen molar-refractivity contribution in [3.05, 3.63) is 34.2 Å². The summed E-state index contributed by atoms with van der Waals surface area (Å²) < 4.78 is 0. The molecular weight excluding hydrogens is 210 g/mol. The molecule has 2 atom stereocenters. The average Bonchev–Trinajstić information content (AvgIpc) is 2.28. The summed E-state index contributed by atoms with van der Waals surface area (Å²) in [5.41, 5.74) is 8.77. The zero-order chi connectivity index (χ0) is 12.0. The Bertz CT molecular complexity index is 391. The van der Waals surface area contributed by atoms with Gasteiger partial charge in [-0.2, -0.15) is 0 Å². The molecule has 0 fully saturated rings. The van der Waals surface area contributed by atoms with Gasteiger partial charge in [0.15, 0.2) is 5.82 Å². The predicted molar refractivity (Wildman–Crippen MR) is 56.4 cm³/mol. The van der Waals surface area contributed by atoms with Gasteiger partial charge in [0, 0.05) is 23.3 Å². The highest BCUT2D eigenvalue weighted by Gasteiger charge is 2.20. The van der Waals surface area contributed by atoms with Gasteiger partial charge in [-0.15, -0.1) is 0 Å². The monoisotopic (exact) mass is 223 g/mol. The minimum Gasteiger partial charge on any atom is -0.390 e. The first-order valence-corrected chi connectivity index (χ1v) is 4.81. The minimum absolute atomic E-state index is 0.126. The van der Waals surface area contributed by atoms with E-state index in [1.165, 1.54) is 6.20 Å². The zero-order valence-corrected chi connectivity index (χ0v) is 8.85. The van der Waals surface area contributed by atoms with Crippen LogP contribution in [0.3, 0.4) is 0 Å². The van der Waals surface area contributed by atoms with Gasteiger partial charge in [-0.05, 0) is 24.9 Å². The van der Waals surface area contributed by atoms with Crippen LogP contribution in [0.25, 0.3) is 10.4 Å². The first-order valence-electron chi connectivity index (χ1n) is 4.81. The number of hydrogen-bond donors (Lipinski definition) is 2. The van der Waals surface area contributed by atoms with Gasteiger partial charge in [-0.25, -0.2) is 9.97 Å². The fraction of sp³-hybridized carbons (Fsp3) is 0.556. The Morgan fingerprint density at radius 1 is 1.56 bits per heavy atom. The van der Waals surface area contributed by atoms with Gasteiger partial charge >= 0.3 is 0 Å². The van der Waals surface area contributed by atoms with Crippen LogP contribution in [-0.4, -0.2) is 32.8 Å². The van der Waals surface area contributed by atoms with Crippen molar-refractivity contribution < 1.29 is 10.2 Å². The van der Waals surface area contributed by atoms with Crippen LogP contribution >= 0.6 is 0 Å². The Balaban J connectivity index is 2.62. The molecule has 16 heavy (non-hydrogen) atoms. The highest BCUT2D eigenvalue weighted by molar-refractivity contribution is 5.02. The van der Waals surface area contributed by atoms with Gasteiger partial charge in [0.1, 0.15) is 6.10 Å². The second kappa shape index (κ2) is 6.02. The van der Waals surface area contributed by atoms with Crippen LogP contribution in [0.2, 0.25) is 0 Å². The molecule has 0 saturated carbocycles. The number of rotatable bonds is 5. The summed E-state index contributed by atoms with van der Waals surface area (Å²) in [6.45, 7) is 1.89. The molecule has 1 rings (SSSR count). The van der Waals surface area contributed by atoms with Crippen molar-refractivity contribution in [2.24, 2.45) is 5.11 Å². The molecule has 0 aliphatic carbocycles. The van der Waals surface area contributed by atoms with Crippen molar-refractivity contribution in [1.82, 2.24) is 9.97 Å². The maximum Gasteiger partial charge on any atom is 0.159 e. The first-order chi connectivity index (χ1) is 7.65. The van der Waals surface area contributed by atoms with Crippen LogP contribution in [0.15, 0.2) is 17.4 Å². The van der Waals surface area contributed by atoms with Gasteiger partial charge in [0.25, 0.3) is 0 Å². The van der Waals surface area contributed by atoms with Crippen molar-refractivity contribution in [3.63, 3.8) is 0 Å². The molecule has 2 unspecified atom stereocenters. The van der Waals surface area contributed by atoms with E-state index in [0.29, 0.717) is 5.69 Å². The number of hydrogen-bond acceptors (Lipinski definition) is 5. The fourth-order valence-electron chi connectivity index (χ4n) is 1.18. The van der Waals surface area contributed by atoms with Crippen LogP contribution in [0.4, 0.5) is 0 Å². The number of aromatic nitrogens is 2. The second-order valence-corrected chi connectivity index (χ2v) is 3.31. The number of nitrogens with zero attached hydrogens (tertiary/aromatic N) is 5. The Kier molecular flexibility index (Phi) is 4.65. The van der Waals surface area contributed by atoms with Gasteiger partial charge in [-0.1, -0.05) is 5.11 Å². The summed E-state index contributed by atoms with van der Waals surface area (Å²) in [6.07, 6.45) is -0.509. The van der Waals surface area contributed by atoms with E-state index in [1.54, 1.807) is 13.0 Å². The molecule has 86 valence electrons. The summed E-state index contributed by atoms with van der Waals surface area (Å²) in [4.78, 5) is 10.4. The summed E-state index contributed by atoms with van der Waals surface area (Å²) in [7, 11) is 0. The first kappa shape index (κ1) is 12.4. The Morgan fingerprint density at radius 2 is 2.31 bits per heavy atom. The lowest BCUT2D eigenvalue weighted by atomic mass is 10.1. The highest BCUT2D eigenvalue weighted by Crippen LogP contribution is 2.15. The number of aryl methyl sites for hydroxylation is 1. The molecule has 0 amide bonds. The third-order valence-electron chi connectivity index (χ3n) is 2.03. The second-order valence-electron chi connectivity index (χ2n) is 3.31. The Hall–Kier alpha value is -1.69. The summed E-state index contributed by atoms with van der Waals surface area (Å²) >= 11 is 0. The molecule has 0 aliphatic rings. The van der Waals surface area contributed by atoms with Crippen molar-refractivity contribution in [1.29, 1.82) is 0 Å². The third kappa shape index (κ3) is 3.47. The van der Waals surface area contributed by atoms with E-state index in [0.717, 1.165) is 0 Å². The molecule has 1 aromatic rings. The van der Waals surface area contributed by atoms with Crippen LogP contribution in [0.1, 0.15) is 24.0 Å². The Labute approximate surface area is 92.4 Å². The molecular formula is C9H13N5O2. The van der Waals surface area contributed by atoms with Gasteiger partial charge < -0.3 is 10.2 Å². The van der Waals surface area contributed by atoms with Crippen molar-refractivity contribution in [2.75, 3.05) is 6.54 Å². The molecule has 1 heterocycles. The van der Waals surface area contributed by atoms with E-state index >= 15 is 0 Å². The van der Waals surface area contributed by atoms with E-state index < -0.39 is 12.2 Å². The third-order valence-corrected chi connectivity index (χ3v) is 2.03. The maximum atomic E-state index is 9.70. The normalized spacial score (nSPS) is 13.9. The highest BCUT2D eigenvalue weighted by atomic mass is 16.3. The van der Waals surface area contributed by atoms with E-state index in [1.807, 2.05) is 0 Å². The lowest BCUT2D eigenvalue weighted by Crippen LogP contribution is -2.21. The van der Waals surface area contributed by atoms with Gasteiger partial charge in [0.2, 0.25) is 0 Å². The molecule has 0 saturated heterocycles. The molecule has 0 aliphatic heterocycles. The standard InChI is InChI=1S/C9H13N5O2/c1-6-2-4-11-9(13-6)8(16)7(15)3-5-12-14-10/h2,4,7-8,15-16H,3,5H2,1H3. The van der Waals surface area contributed by atoms with Crippen molar-refractivity contribution in [2.45, 2.75) is 25.6 Å². The van der Waals surface area contributed by atoms with E-state index in [9.17, 15) is 10.2 Å². The largest absolute Gasteiger partial charge is 0.390 e. The van der Waals surface area contributed by atoms with Crippen LogP contribution in [0.5, 0.6) is 0 Å². The summed E-state index contributed by atoms with van der Waals surface area (Å²) in [6, 6.07) is 1.70. The van der Waals surface area contributed by atoms with E-state index in [-0.39, 0.29) is 18.8 Å². The minimum atomic E-state index is -1.16. The number of azide groups is 1. The van der Waals surface area contributed by atoms with Crippen molar-refractivity contribution >= 4 is 0 Å². The number of aliphatic hydroxyl groups excluding tert-OH is 2. The fourth-order valence-corrected chi connectivity index (χ4v) is 1.18. The molecule has 2 N–H and O–H groups in total. The smallest absolute Gasteiger partial charge is 0.159 e. The molecule has 7 nitrogen and oxygen atoms in total. The molecule has 0 aromatic carbocycles.